The molecule has 1 rings (SSSR count). The van der Waals surface area contributed by atoms with Crippen molar-refractivity contribution in [2.24, 2.45) is 0 Å². The van der Waals surface area contributed by atoms with Gasteiger partial charge in [0, 0.05) is 11.1 Å². The van der Waals surface area contributed by atoms with Crippen molar-refractivity contribution < 1.29 is 14.9 Å². The van der Waals surface area contributed by atoms with E-state index in [1.165, 1.54) is 127 Å². The van der Waals surface area contributed by atoms with Crippen molar-refractivity contribution >= 4 is 0 Å². The fourth-order valence-electron chi connectivity index (χ4n) is 6.15. The van der Waals surface area contributed by atoms with Crippen molar-refractivity contribution in [2.75, 3.05) is 6.61 Å². The van der Waals surface area contributed by atoms with Crippen molar-refractivity contribution in [1.29, 1.82) is 0 Å². The Hall–Kier alpha value is -1.38. The highest BCUT2D eigenvalue weighted by molar-refractivity contribution is 5.62. The lowest BCUT2D eigenvalue weighted by atomic mass is 9.88. The van der Waals surface area contributed by atoms with Gasteiger partial charge in [0.25, 0.3) is 0 Å². The molecule has 0 unspecified atom stereocenters. The maximum Gasteiger partial charge on any atom is 0.201 e. The van der Waals surface area contributed by atoms with Gasteiger partial charge in [-0.15, -0.1) is 0 Å². The number of hydrogen-bond acceptors (Lipinski definition) is 3. The second-order valence-corrected chi connectivity index (χ2v) is 12.6. The van der Waals surface area contributed by atoms with Crippen LogP contribution in [-0.4, -0.2) is 16.8 Å². The van der Waals surface area contributed by atoms with Gasteiger partial charge < -0.3 is 14.9 Å². The third kappa shape index (κ3) is 16.7. The first-order chi connectivity index (χ1) is 20.1. The highest BCUT2D eigenvalue weighted by Gasteiger charge is 2.24. The molecule has 2 N–H and O–H groups in total. The Balaban J connectivity index is 3.10. The average Bonchev–Trinajstić information content (AvgIpc) is 2.98. The van der Waals surface area contributed by atoms with E-state index >= 15 is 0 Å². The van der Waals surface area contributed by atoms with Gasteiger partial charge in [0.05, 0.1) is 6.61 Å². The quantitative estimate of drug-likeness (QED) is 0.0739. The molecule has 0 aliphatic carbocycles. The second kappa shape index (κ2) is 26.3. The molecule has 0 atom stereocenters. The van der Waals surface area contributed by atoms with Gasteiger partial charge in [-0.2, -0.15) is 0 Å². The minimum Gasteiger partial charge on any atom is -0.504 e. The van der Waals surface area contributed by atoms with Crippen molar-refractivity contribution in [3.05, 3.63) is 16.7 Å². The lowest BCUT2D eigenvalue weighted by molar-refractivity contribution is 0.279. The molecule has 0 spiro atoms. The summed E-state index contributed by atoms with van der Waals surface area (Å²) in [6.07, 6.45) is 32.8. The second-order valence-electron chi connectivity index (χ2n) is 12.6. The summed E-state index contributed by atoms with van der Waals surface area (Å²) in [7, 11) is 0. The molecule has 3 nitrogen and oxygen atoms in total. The molecule has 41 heavy (non-hydrogen) atoms. The number of aromatic hydroxyl groups is 2. The molecule has 240 valence electrons. The van der Waals surface area contributed by atoms with Crippen LogP contribution in [0.15, 0.2) is 0 Å². The molecule has 3 heteroatoms. The minimum absolute atomic E-state index is 0.000653. The van der Waals surface area contributed by atoms with E-state index in [9.17, 15) is 10.2 Å². The SMILES string of the molecule is CCCCCCCCCc1c(O)c(O)c(OCCCCC)c(CCCCCCCCC)c1CCCCCCCCC. The fourth-order valence-corrected chi connectivity index (χ4v) is 6.15. The van der Waals surface area contributed by atoms with E-state index < -0.39 is 0 Å². The van der Waals surface area contributed by atoms with E-state index in [1.54, 1.807) is 0 Å². The average molecular weight is 575 g/mol. The summed E-state index contributed by atoms with van der Waals surface area (Å²) in [4.78, 5) is 0. The van der Waals surface area contributed by atoms with Crippen LogP contribution in [0.4, 0.5) is 0 Å². The first kappa shape index (κ1) is 37.6. The van der Waals surface area contributed by atoms with Crippen LogP contribution in [0.5, 0.6) is 17.2 Å². The van der Waals surface area contributed by atoms with Crippen molar-refractivity contribution in [3.8, 4) is 17.2 Å². The molecule has 0 aliphatic heterocycles. The van der Waals surface area contributed by atoms with Gasteiger partial charge in [-0.3, -0.25) is 0 Å². The molecule has 0 saturated heterocycles. The van der Waals surface area contributed by atoms with E-state index in [2.05, 4.69) is 27.7 Å². The number of phenols is 2. The van der Waals surface area contributed by atoms with Crippen LogP contribution in [0.2, 0.25) is 0 Å². The Morgan fingerprint density at radius 2 is 0.707 bits per heavy atom. The van der Waals surface area contributed by atoms with E-state index in [-0.39, 0.29) is 11.5 Å². The zero-order valence-corrected chi connectivity index (χ0v) is 28.1. The summed E-state index contributed by atoms with van der Waals surface area (Å²) < 4.78 is 6.30. The van der Waals surface area contributed by atoms with Crippen molar-refractivity contribution in [2.45, 2.75) is 201 Å². The Bertz CT molecular complexity index is 742. The number of hydrogen-bond donors (Lipinski definition) is 2. The molecule has 0 saturated carbocycles. The fraction of sp³-hybridized carbons (Fsp3) is 0.842. The maximum absolute atomic E-state index is 11.3. The monoisotopic (exact) mass is 575 g/mol. The maximum atomic E-state index is 11.3. The highest BCUT2D eigenvalue weighted by atomic mass is 16.5. The zero-order valence-electron chi connectivity index (χ0n) is 28.1. The molecule has 0 heterocycles. The van der Waals surface area contributed by atoms with Crippen LogP contribution >= 0.6 is 0 Å². The molecular weight excluding hydrogens is 504 g/mol. The standard InChI is InChI=1S/C38H70O3/c1-5-9-13-16-19-22-25-29-33-34(30-26-23-20-17-14-10-6-2)36(39)37(40)38(41-32-28-12-8-4)35(33)31-27-24-21-18-15-11-7-3/h39-40H,5-32H2,1-4H3. The molecule has 1 aromatic rings. The largest absolute Gasteiger partial charge is 0.504 e. The van der Waals surface area contributed by atoms with Gasteiger partial charge in [-0.1, -0.05) is 156 Å². The predicted octanol–water partition coefficient (Wildman–Crippen LogP) is 12.5. The van der Waals surface area contributed by atoms with Crippen LogP contribution in [0.1, 0.15) is 198 Å². The van der Waals surface area contributed by atoms with Crippen molar-refractivity contribution in [3.63, 3.8) is 0 Å². The Morgan fingerprint density at radius 1 is 0.366 bits per heavy atom. The molecule has 0 fully saturated rings. The highest BCUT2D eigenvalue weighted by Crippen LogP contribution is 2.46. The topological polar surface area (TPSA) is 49.7 Å². The molecular formula is C38H70O3. The smallest absolute Gasteiger partial charge is 0.201 e. The molecule has 0 bridgehead atoms. The van der Waals surface area contributed by atoms with Gasteiger partial charge in [0.1, 0.15) is 0 Å². The van der Waals surface area contributed by atoms with Gasteiger partial charge in [-0.05, 0) is 50.5 Å². The number of phenolic OH excluding ortho intramolecular Hbond substituents is 2. The van der Waals surface area contributed by atoms with E-state index in [4.69, 9.17) is 4.74 Å². The third-order valence-corrected chi connectivity index (χ3v) is 8.81. The van der Waals surface area contributed by atoms with Crippen LogP contribution in [0.3, 0.4) is 0 Å². The normalized spacial score (nSPS) is 11.4. The van der Waals surface area contributed by atoms with Gasteiger partial charge in [0.15, 0.2) is 11.5 Å². The Morgan fingerprint density at radius 3 is 1.15 bits per heavy atom. The zero-order chi connectivity index (χ0) is 30.0. The first-order valence-corrected chi connectivity index (χ1v) is 18.3. The third-order valence-electron chi connectivity index (χ3n) is 8.81. The van der Waals surface area contributed by atoms with Gasteiger partial charge in [-0.25, -0.2) is 0 Å². The van der Waals surface area contributed by atoms with Crippen LogP contribution in [-0.2, 0) is 19.3 Å². The van der Waals surface area contributed by atoms with Crippen LogP contribution in [0, 0.1) is 0 Å². The predicted molar refractivity (Wildman–Crippen MR) is 180 cm³/mol. The first-order valence-electron chi connectivity index (χ1n) is 18.3. The molecule has 0 amide bonds. The summed E-state index contributed by atoms with van der Waals surface area (Å²) in [5.41, 5.74) is 3.52. The van der Waals surface area contributed by atoms with E-state index in [0.29, 0.717) is 12.4 Å². The summed E-state index contributed by atoms with van der Waals surface area (Å²) in [5.74, 6) is 0.689. The number of rotatable bonds is 29. The number of benzene rings is 1. The molecule has 0 aromatic heterocycles. The Labute approximate surface area is 256 Å². The summed E-state index contributed by atoms with van der Waals surface area (Å²) in [6, 6.07) is 0. The minimum atomic E-state index is 0.000653. The number of ether oxygens (including phenoxy) is 1. The van der Waals surface area contributed by atoms with Gasteiger partial charge in [0.2, 0.25) is 5.75 Å². The lowest BCUT2D eigenvalue weighted by Crippen LogP contribution is -2.08. The molecule has 1 aromatic carbocycles. The van der Waals surface area contributed by atoms with Crippen LogP contribution < -0.4 is 4.74 Å². The van der Waals surface area contributed by atoms with Crippen molar-refractivity contribution in [1.82, 2.24) is 0 Å². The summed E-state index contributed by atoms with van der Waals surface area (Å²) in [6.45, 7) is 9.63. The van der Waals surface area contributed by atoms with Crippen LogP contribution in [0.25, 0.3) is 0 Å². The Kier molecular flexibility index (Phi) is 24.1. The number of unbranched alkanes of at least 4 members (excludes halogenated alkanes) is 20. The van der Waals surface area contributed by atoms with E-state index in [1.807, 2.05) is 0 Å². The van der Waals surface area contributed by atoms with E-state index in [0.717, 1.165) is 63.4 Å². The van der Waals surface area contributed by atoms with Gasteiger partial charge >= 0.3 is 0 Å². The summed E-state index contributed by atoms with van der Waals surface area (Å²) in [5, 5.41) is 22.6. The summed E-state index contributed by atoms with van der Waals surface area (Å²) >= 11 is 0. The molecule has 0 radical (unpaired) electrons. The lowest BCUT2D eigenvalue weighted by Gasteiger charge is -2.23. The molecule has 0 aliphatic rings.